The summed E-state index contributed by atoms with van der Waals surface area (Å²) in [6.45, 7) is 1.51. The zero-order valence-corrected chi connectivity index (χ0v) is 8.80. The summed E-state index contributed by atoms with van der Waals surface area (Å²) in [5.74, 6) is -1.26. The Bertz CT molecular complexity index is 451. The van der Waals surface area contributed by atoms with Crippen LogP contribution in [0.1, 0.15) is 17.8 Å². The molecule has 0 saturated heterocycles. The third kappa shape index (κ3) is 2.25. The van der Waals surface area contributed by atoms with Crippen LogP contribution in [0.3, 0.4) is 0 Å². The molecule has 7 nitrogen and oxygen atoms in total. The molecule has 0 spiro atoms. The molecule has 1 heterocycles. The van der Waals surface area contributed by atoms with Gasteiger partial charge in [0.05, 0.1) is 5.92 Å². The number of nitrogens with two attached hydrogens (primary N) is 2. The van der Waals surface area contributed by atoms with Gasteiger partial charge >= 0.3 is 0 Å². The number of hydrogen-bond donors (Lipinski definition) is 2. The van der Waals surface area contributed by atoms with Crippen molar-refractivity contribution in [2.45, 2.75) is 17.2 Å². The highest BCUT2D eigenvalue weighted by Crippen LogP contribution is 2.21. The highest BCUT2D eigenvalue weighted by Gasteiger charge is 2.21. The monoisotopic (exact) mass is 236 g/mol. The molecule has 4 N–H and O–H groups in total. The van der Waals surface area contributed by atoms with Crippen molar-refractivity contribution in [3.05, 3.63) is 5.01 Å². The summed E-state index contributed by atoms with van der Waals surface area (Å²) in [7, 11) is -3.85. The maximum Gasteiger partial charge on any atom is 0.267 e. The predicted octanol–water partition coefficient (Wildman–Crippen LogP) is -1.23. The van der Waals surface area contributed by atoms with E-state index in [1.54, 1.807) is 0 Å². The first-order valence-electron chi connectivity index (χ1n) is 3.48. The van der Waals surface area contributed by atoms with Crippen molar-refractivity contribution in [3.8, 4) is 0 Å². The van der Waals surface area contributed by atoms with Crippen LogP contribution >= 0.6 is 11.3 Å². The highest BCUT2D eigenvalue weighted by molar-refractivity contribution is 7.91. The standard InChI is InChI=1S/C5H8N4O3S2/c1-2(3(6)10)4-8-9-5(13-4)14(7,11)12/h2H,1H3,(H2,6,10)(H2,7,11,12). The van der Waals surface area contributed by atoms with E-state index in [1.165, 1.54) is 6.92 Å². The molecule has 14 heavy (non-hydrogen) atoms. The van der Waals surface area contributed by atoms with Gasteiger partial charge in [0.15, 0.2) is 0 Å². The van der Waals surface area contributed by atoms with E-state index in [4.69, 9.17) is 10.9 Å². The van der Waals surface area contributed by atoms with Crippen molar-refractivity contribution in [1.29, 1.82) is 0 Å². The van der Waals surface area contributed by atoms with Gasteiger partial charge in [-0.3, -0.25) is 4.79 Å². The minimum Gasteiger partial charge on any atom is -0.369 e. The minimum atomic E-state index is -3.85. The van der Waals surface area contributed by atoms with Crippen molar-refractivity contribution >= 4 is 27.3 Å². The molecule has 0 aliphatic rings. The maximum absolute atomic E-state index is 10.8. The van der Waals surface area contributed by atoms with E-state index in [1.807, 2.05) is 0 Å². The molecule has 9 heteroatoms. The number of primary sulfonamides is 1. The number of primary amides is 1. The number of hydrogen-bond acceptors (Lipinski definition) is 6. The molecule has 0 radical (unpaired) electrons. The normalized spacial score (nSPS) is 13.9. The Morgan fingerprint density at radius 3 is 2.43 bits per heavy atom. The molecule has 0 fully saturated rings. The molecule has 0 bridgehead atoms. The maximum atomic E-state index is 10.8. The van der Waals surface area contributed by atoms with Crippen molar-refractivity contribution < 1.29 is 13.2 Å². The zero-order chi connectivity index (χ0) is 10.9. The molecule has 0 aliphatic carbocycles. The minimum absolute atomic E-state index is 0.238. The van der Waals surface area contributed by atoms with Crippen molar-refractivity contribution in [1.82, 2.24) is 10.2 Å². The number of aromatic nitrogens is 2. The number of nitrogens with zero attached hydrogens (tertiary/aromatic N) is 2. The lowest BCUT2D eigenvalue weighted by Crippen LogP contribution is -2.18. The first-order valence-corrected chi connectivity index (χ1v) is 5.84. The molecule has 1 rings (SSSR count). The van der Waals surface area contributed by atoms with Gasteiger partial charge in [-0.2, -0.15) is 0 Å². The van der Waals surface area contributed by atoms with E-state index in [9.17, 15) is 13.2 Å². The van der Waals surface area contributed by atoms with Crippen LogP contribution in [0.2, 0.25) is 0 Å². The lowest BCUT2D eigenvalue weighted by Gasteiger charge is -1.98. The summed E-state index contributed by atoms with van der Waals surface area (Å²) < 4.78 is 21.3. The van der Waals surface area contributed by atoms with Gasteiger partial charge in [-0.05, 0) is 6.92 Å². The van der Waals surface area contributed by atoms with Gasteiger partial charge in [0.2, 0.25) is 10.2 Å². The third-order valence-corrected chi connectivity index (χ3v) is 3.88. The first kappa shape index (κ1) is 11.0. The van der Waals surface area contributed by atoms with Gasteiger partial charge in [-0.15, -0.1) is 10.2 Å². The summed E-state index contributed by atoms with van der Waals surface area (Å²) in [5.41, 5.74) is 5.01. The Labute approximate surface area is 84.2 Å². The fourth-order valence-electron chi connectivity index (χ4n) is 0.632. The average molecular weight is 236 g/mol. The molecule has 1 aromatic heterocycles. The Balaban J connectivity index is 3.06. The molecule has 1 aromatic rings. The van der Waals surface area contributed by atoms with E-state index in [0.29, 0.717) is 0 Å². The number of carbonyl (C=O) groups is 1. The second-order valence-electron chi connectivity index (χ2n) is 2.58. The molecule has 1 atom stereocenters. The molecular weight excluding hydrogens is 228 g/mol. The molecule has 78 valence electrons. The quantitative estimate of drug-likeness (QED) is 0.679. The average Bonchev–Trinajstić information content (AvgIpc) is 2.49. The Hall–Kier alpha value is -1.06. The molecule has 1 amide bonds. The Morgan fingerprint density at radius 2 is 2.07 bits per heavy atom. The molecule has 0 aromatic carbocycles. The van der Waals surface area contributed by atoms with Gasteiger partial charge in [0.1, 0.15) is 5.01 Å². The van der Waals surface area contributed by atoms with E-state index >= 15 is 0 Å². The zero-order valence-electron chi connectivity index (χ0n) is 7.17. The summed E-state index contributed by atoms with van der Waals surface area (Å²) in [6.07, 6.45) is 0. The van der Waals surface area contributed by atoms with Crippen LogP contribution in [0.15, 0.2) is 4.34 Å². The Kier molecular flexibility index (Phi) is 2.83. The van der Waals surface area contributed by atoms with Crippen molar-refractivity contribution in [2.24, 2.45) is 10.9 Å². The smallest absolute Gasteiger partial charge is 0.267 e. The van der Waals surface area contributed by atoms with E-state index in [2.05, 4.69) is 10.2 Å². The first-order chi connectivity index (χ1) is 6.32. The molecule has 0 aliphatic heterocycles. The van der Waals surface area contributed by atoms with E-state index in [-0.39, 0.29) is 9.35 Å². The van der Waals surface area contributed by atoms with E-state index < -0.39 is 21.8 Å². The third-order valence-electron chi connectivity index (χ3n) is 1.46. The van der Waals surface area contributed by atoms with Gasteiger partial charge in [-0.25, -0.2) is 13.6 Å². The van der Waals surface area contributed by atoms with Crippen LogP contribution in [0.5, 0.6) is 0 Å². The lowest BCUT2D eigenvalue weighted by atomic mass is 10.2. The summed E-state index contributed by atoms with van der Waals surface area (Å²) in [4.78, 5) is 10.7. The van der Waals surface area contributed by atoms with Crippen LogP contribution in [-0.4, -0.2) is 24.5 Å². The van der Waals surface area contributed by atoms with Crippen LogP contribution in [0.25, 0.3) is 0 Å². The van der Waals surface area contributed by atoms with Crippen LogP contribution < -0.4 is 10.9 Å². The van der Waals surface area contributed by atoms with Crippen LogP contribution in [-0.2, 0) is 14.8 Å². The summed E-state index contributed by atoms with van der Waals surface area (Å²) in [5, 5.41) is 11.9. The largest absolute Gasteiger partial charge is 0.369 e. The summed E-state index contributed by atoms with van der Waals surface area (Å²) >= 11 is 0.740. The molecule has 0 saturated carbocycles. The van der Waals surface area contributed by atoms with Gasteiger partial charge in [0, 0.05) is 0 Å². The van der Waals surface area contributed by atoms with Crippen LogP contribution in [0, 0.1) is 0 Å². The second kappa shape index (κ2) is 3.59. The fraction of sp³-hybridized carbons (Fsp3) is 0.400. The van der Waals surface area contributed by atoms with Gasteiger partial charge in [0.25, 0.3) is 10.0 Å². The fourth-order valence-corrected chi connectivity index (χ4v) is 2.14. The Morgan fingerprint density at radius 1 is 1.50 bits per heavy atom. The van der Waals surface area contributed by atoms with Gasteiger partial charge in [-0.1, -0.05) is 11.3 Å². The van der Waals surface area contributed by atoms with Crippen LogP contribution in [0.4, 0.5) is 0 Å². The number of sulfonamides is 1. The molecule has 1 unspecified atom stereocenters. The van der Waals surface area contributed by atoms with Crippen molar-refractivity contribution in [3.63, 3.8) is 0 Å². The highest BCUT2D eigenvalue weighted by atomic mass is 32.2. The van der Waals surface area contributed by atoms with E-state index in [0.717, 1.165) is 11.3 Å². The number of amides is 1. The number of rotatable bonds is 3. The summed E-state index contributed by atoms with van der Waals surface area (Å²) in [6, 6.07) is 0. The number of carbonyl (C=O) groups excluding carboxylic acids is 1. The lowest BCUT2D eigenvalue weighted by molar-refractivity contribution is -0.119. The topological polar surface area (TPSA) is 129 Å². The van der Waals surface area contributed by atoms with Crippen molar-refractivity contribution in [2.75, 3.05) is 0 Å². The second-order valence-corrected chi connectivity index (χ2v) is 5.32. The predicted molar refractivity (Wildman–Crippen MR) is 48.9 cm³/mol. The molecular formula is C5H8N4O3S2. The van der Waals surface area contributed by atoms with Gasteiger partial charge < -0.3 is 5.73 Å². The SMILES string of the molecule is CC(C(N)=O)c1nnc(S(N)(=O)=O)s1.